The van der Waals surface area contributed by atoms with E-state index in [0.717, 1.165) is 0 Å². The highest BCUT2D eigenvalue weighted by Gasteiger charge is 2.19. The maximum Gasteiger partial charge on any atom is 0.294 e. The molecule has 14 heavy (non-hydrogen) atoms. The maximum absolute atomic E-state index is 11.6. The van der Waals surface area contributed by atoms with E-state index in [0.29, 0.717) is 0 Å². The van der Waals surface area contributed by atoms with Crippen molar-refractivity contribution < 1.29 is 28.8 Å². The van der Waals surface area contributed by atoms with Crippen molar-refractivity contribution in [1.82, 2.24) is 5.34 Å². The Hall–Kier alpha value is -1.78. The van der Waals surface area contributed by atoms with Gasteiger partial charge in [-0.1, -0.05) is 0 Å². The molecular formula is C3H5F2N3O6. The molecule has 0 radical (unpaired) electrons. The van der Waals surface area contributed by atoms with Crippen LogP contribution in [-0.2, 0) is 9.68 Å². The van der Waals surface area contributed by atoms with Crippen LogP contribution in [0.2, 0.25) is 0 Å². The Morgan fingerprint density at radius 1 is 1.29 bits per heavy atom. The highest BCUT2D eigenvalue weighted by molar-refractivity contribution is 4.52. The van der Waals surface area contributed by atoms with Crippen LogP contribution < -0.4 is 0 Å². The van der Waals surface area contributed by atoms with E-state index < -0.39 is 34.8 Å². The fourth-order valence-corrected chi connectivity index (χ4v) is 0.536. The normalized spacial score (nSPS) is 12.2. The predicted molar refractivity (Wildman–Crippen MR) is 33.7 cm³/mol. The van der Waals surface area contributed by atoms with Crippen LogP contribution in [0.1, 0.15) is 0 Å². The van der Waals surface area contributed by atoms with E-state index in [1.165, 1.54) is 0 Å². The van der Waals surface area contributed by atoms with Crippen molar-refractivity contribution in [1.29, 1.82) is 0 Å². The fraction of sp³-hybridized carbons (Fsp3) is 1.00. The van der Waals surface area contributed by atoms with Crippen LogP contribution in [0.15, 0.2) is 0 Å². The van der Waals surface area contributed by atoms with Crippen molar-refractivity contribution in [3.8, 4) is 0 Å². The zero-order valence-corrected chi connectivity index (χ0v) is 6.54. The molecule has 0 fully saturated rings. The zero-order valence-electron chi connectivity index (χ0n) is 6.54. The molecule has 0 N–H and O–H groups in total. The molecule has 0 aliphatic rings. The number of nitrogens with zero attached hydrogens (tertiary/aromatic N) is 3. The Morgan fingerprint density at radius 3 is 2.21 bits per heavy atom. The van der Waals surface area contributed by atoms with Gasteiger partial charge in [-0.05, 0) is 0 Å². The number of hydrogen-bond donors (Lipinski definition) is 0. The van der Waals surface area contributed by atoms with Gasteiger partial charge in [0.1, 0.15) is 12.7 Å². The first-order valence-corrected chi connectivity index (χ1v) is 3.09. The third-order valence-electron chi connectivity index (χ3n) is 0.943. The van der Waals surface area contributed by atoms with Gasteiger partial charge >= 0.3 is 0 Å². The number of rotatable bonds is 7. The molecular weight excluding hydrogens is 212 g/mol. The van der Waals surface area contributed by atoms with Crippen molar-refractivity contribution in [2.75, 3.05) is 13.2 Å². The summed E-state index contributed by atoms with van der Waals surface area (Å²) in [4.78, 5) is 26.7. The highest BCUT2D eigenvalue weighted by atomic mass is 19.4. The van der Waals surface area contributed by atoms with E-state index in [9.17, 15) is 29.2 Å². The second-order valence-corrected chi connectivity index (χ2v) is 1.96. The summed E-state index contributed by atoms with van der Waals surface area (Å²) in [5.41, 5.74) is 0. The van der Waals surface area contributed by atoms with Crippen molar-refractivity contribution in [3.63, 3.8) is 0 Å². The highest BCUT2D eigenvalue weighted by Crippen LogP contribution is 2.00. The summed E-state index contributed by atoms with van der Waals surface area (Å²) < 4.78 is 23.1. The molecule has 0 rings (SSSR count). The van der Waals surface area contributed by atoms with E-state index in [4.69, 9.17) is 0 Å². The summed E-state index contributed by atoms with van der Waals surface area (Å²) in [6.45, 7) is -2.12. The minimum atomic E-state index is -1.72. The molecule has 1 unspecified atom stereocenters. The lowest BCUT2D eigenvalue weighted by Crippen LogP contribution is -2.32. The van der Waals surface area contributed by atoms with Crippen LogP contribution in [0, 0.1) is 20.2 Å². The largest absolute Gasteiger partial charge is 0.311 e. The molecule has 11 heteroatoms. The summed E-state index contributed by atoms with van der Waals surface area (Å²) in [5.74, 6) is 0. The quantitative estimate of drug-likeness (QED) is 0.331. The Bertz CT molecular complexity index is 212. The lowest BCUT2D eigenvalue weighted by Gasteiger charge is -2.12. The minimum absolute atomic E-state index is 0.946. The molecule has 0 spiro atoms. The summed E-state index contributed by atoms with van der Waals surface area (Å²) in [6.07, 6.45) is -1.72. The minimum Gasteiger partial charge on any atom is -0.311 e. The average molecular weight is 217 g/mol. The third-order valence-corrected chi connectivity index (χ3v) is 0.943. The van der Waals surface area contributed by atoms with E-state index in [2.05, 4.69) is 9.68 Å². The van der Waals surface area contributed by atoms with Gasteiger partial charge in [0.25, 0.3) is 10.2 Å². The molecule has 82 valence electrons. The van der Waals surface area contributed by atoms with Gasteiger partial charge in [0.15, 0.2) is 0 Å². The smallest absolute Gasteiger partial charge is 0.294 e. The molecule has 0 saturated carbocycles. The second-order valence-electron chi connectivity index (χ2n) is 1.96. The lowest BCUT2D eigenvalue weighted by molar-refractivity contribution is -0.790. The van der Waals surface area contributed by atoms with Crippen LogP contribution in [0.4, 0.5) is 8.96 Å². The first-order chi connectivity index (χ1) is 6.41. The van der Waals surface area contributed by atoms with Crippen LogP contribution in [-0.4, -0.2) is 34.8 Å². The standard InChI is InChI=1S/C3H5F2N3O6/c4-6(5)1-3(14-8(11)12)2-13-7(9)10/h3H,1-2H2. The van der Waals surface area contributed by atoms with Crippen LogP contribution in [0.5, 0.6) is 0 Å². The first kappa shape index (κ1) is 12.2. The van der Waals surface area contributed by atoms with E-state index in [1.54, 1.807) is 0 Å². The van der Waals surface area contributed by atoms with Crippen LogP contribution >= 0.6 is 0 Å². The number of halogens is 2. The van der Waals surface area contributed by atoms with Gasteiger partial charge in [-0.25, -0.2) is 0 Å². The summed E-state index contributed by atoms with van der Waals surface area (Å²) >= 11 is 0. The van der Waals surface area contributed by atoms with Gasteiger partial charge < -0.3 is 9.68 Å². The SMILES string of the molecule is O=[N+]([O-])OCC(CN(F)F)O[N+](=O)[O-]. The van der Waals surface area contributed by atoms with Crippen molar-refractivity contribution >= 4 is 0 Å². The fourth-order valence-electron chi connectivity index (χ4n) is 0.536. The maximum atomic E-state index is 11.6. The Balaban J connectivity index is 3.96. The Kier molecular flexibility index (Phi) is 5.06. The van der Waals surface area contributed by atoms with E-state index >= 15 is 0 Å². The van der Waals surface area contributed by atoms with Gasteiger partial charge in [-0.2, -0.15) is 0 Å². The molecule has 0 aromatic carbocycles. The van der Waals surface area contributed by atoms with Crippen LogP contribution in [0.25, 0.3) is 0 Å². The molecule has 0 aromatic heterocycles. The molecule has 0 aliphatic carbocycles. The summed E-state index contributed by atoms with van der Waals surface area (Å²) in [6, 6.07) is 0. The van der Waals surface area contributed by atoms with Crippen LogP contribution in [0.3, 0.4) is 0 Å². The average Bonchev–Trinajstić information content (AvgIpc) is 1.97. The zero-order chi connectivity index (χ0) is 11.1. The molecule has 0 saturated heterocycles. The van der Waals surface area contributed by atoms with Gasteiger partial charge in [0.05, 0.1) is 6.54 Å². The lowest BCUT2D eigenvalue weighted by atomic mass is 10.4. The van der Waals surface area contributed by atoms with Gasteiger partial charge in [-0.3, -0.25) is 0 Å². The summed E-state index contributed by atoms with van der Waals surface area (Å²) in [5, 5.41) is 15.4. The van der Waals surface area contributed by atoms with E-state index in [-0.39, 0.29) is 0 Å². The first-order valence-electron chi connectivity index (χ1n) is 3.09. The predicted octanol–water partition coefficient (Wildman–Crippen LogP) is -0.157. The van der Waals surface area contributed by atoms with Gasteiger partial charge in [0.2, 0.25) is 0 Å². The second kappa shape index (κ2) is 5.80. The topological polar surface area (TPSA) is 108 Å². The third kappa shape index (κ3) is 6.90. The molecule has 0 aliphatic heterocycles. The Morgan fingerprint density at radius 2 is 1.86 bits per heavy atom. The molecule has 0 heterocycles. The molecule has 0 bridgehead atoms. The van der Waals surface area contributed by atoms with Gasteiger partial charge in [0, 0.05) is 5.34 Å². The monoisotopic (exact) mass is 217 g/mol. The Labute approximate surface area is 74.9 Å². The van der Waals surface area contributed by atoms with Crippen molar-refractivity contribution in [2.24, 2.45) is 0 Å². The summed E-state index contributed by atoms with van der Waals surface area (Å²) in [7, 11) is 0. The molecule has 0 amide bonds. The van der Waals surface area contributed by atoms with Crippen molar-refractivity contribution in [2.45, 2.75) is 6.10 Å². The molecule has 1 atom stereocenters. The van der Waals surface area contributed by atoms with Crippen molar-refractivity contribution in [3.05, 3.63) is 20.2 Å². The number of hydrogen-bond acceptors (Lipinski definition) is 7. The molecule has 0 aromatic rings. The van der Waals surface area contributed by atoms with E-state index in [1.807, 2.05) is 0 Å². The van der Waals surface area contributed by atoms with Gasteiger partial charge in [-0.15, -0.1) is 29.2 Å². The molecule has 9 nitrogen and oxygen atoms in total.